The minimum Gasteiger partial charge on any atom is -0.372 e. The lowest BCUT2D eigenvalue weighted by molar-refractivity contribution is -0.140. The normalized spacial score (nSPS) is 20.6. The smallest absolute Gasteiger partial charge is 0.372 e. The third kappa shape index (κ3) is 7.47. The van der Waals surface area contributed by atoms with Gasteiger partial charge in [-0.05, 0) is 85.9 Å². The highest BCUT2D eigenvalue weighted by atomic mass is 19.4. The van der Waals surface area contributed by atoms with Gasteiger partial charge in [-0.2, -0.15) is 18.4 Å². The van der Waals surface area contributed by atoms with Crippen molar-refractivity contribution in [3.8, 4) is 6.07 Å². The maximum atomic E-state index is 15.0. The predicted molar refractivity (Wildman–Crippen MR) is 209 cm³/mol. The second kappa shape index (κ2) is 15.5. The molecule has 1 aromatic heterocycles. The molecule has 0 radical (unpaired) electrons. The molecular formula is C42H46F4N8O3. The number of carbonyl (C=O) groups is 2. The van der Waals surface area contributed by atoms with Crippen LogP contribution in [-0.2, 0) is 22.8 Å². The Kier molecular flexibility index (Phi) is 10.5. The molecule has 300 valence electrons. The number of halogens is 4. The van der Waals surface area contributed by atoms with Gasteiger partial charge in [0.25, 0.3) is 0 Å². The number of fused-ring (bicyclic) bond motifs is 1. The quantitative estimate of drug-likeness (QED) is 0.186. The molecule has 57 heavy (non-hydrogen) atoms. The number of piperidine rings is 3. The van der Waals surface area contributed by atoms with E-state index < -0.39 is 35.1 Å². The summed E-state index contributed by atoms with van der Waals surface area (Å²) in [4.78, 5) is 46.8. The summed E-state index contributed by atoms with van der Waals surface area (Å²) in [5, 5.41) is 11.5. The first-order valence-electron chi connectivity index (χ1n) is 19.8. The van der Waals surface area contributed by atoms with Crippen LogP contribution in [0, 0.1) is 23.1 Å². The highest BCUT2D eigenvalue weighted by Gasteiger charge is 2.39. The van der Waals surface area contributed by atoms with Crippen molar-refractivity contribution in [2.75, 3.05) is 73.6 Å². The van der Waals surface area contributed by atoms with Crippen LogP contribution in [0.2, 0.25) is 0 Å². The molecule has 11 nitrogen and oxygen atoms in total. The number of benzene rings is 3. The third-order valence-electron chi connectivity index (χ3n) is 12.5. The summed E-state index contributed by atoms with van der Waals surface area (Å²) in [5.74, 6) is -1.30. The number of nitrogens with one attached hydrogen (secondary N) is 1. The number of piperazine rings is 1. The van der Waals surface area contributed by atoms with Crippen molar-refractivity contribution in [3.05, 3.63) is 87.6 Å². The van der Waals surface area contributed by atoms with Gasteiger partial charge in [0.15, 0.2) is 5.82 Å². The first kappa shape index (κ1) is 38.5. The Morgan fingerprint density at radius 2 is 1.46 bits per heavy atom. The van der Waals surface area contributed by atoms with Crippen molar-refractivity contribution in [3.63, 3.8) is 0 Å². The highest BCUT2D eigenvalue weighted by Crippen LogP contribution is 2.40. The fraction of sp³-hybridized carbons (Fsp3) is 0.476. The van der Waals surface area contributed by atoms with Crippen molar-refractivity contribution in [2.45, 2.75) is 56.7 Å². The molecule has 0 spiro atoms. The lowest BCUT2D eigenvalue weighted by Crippen LogP contribution is -2.49. The van der Waals surface area contributed by atoms with E-state index in [2.05, 4.69) is 44.3 Å². The van der Waals surface area contributed by atoms with Crippen molar-refractivity contribution in [1.82, 2.24) is 19.4 Å². The summed E-state index contributed by atoms with van der Waals surface area (Å²) in [6.45, 7) is 7.30. The lowest BCUT2D eigenvalue weighted by atomic mass is 9.88. The Labute approximate surface area is 328 Å². The molecule has 4 aromatic rings. The number of imide groups is 1. The molecule has 1 atom stereocenters. The topological polar surface area (TPSA) is 110 Å². The van der Waals surface area contributed by atoms with E-state index >= 15 is 4.39 Å². The molecule has 0 saturated carbocycles. The number of nitrogens with zero attached hydrogens (tertiary/aromatic N) is 7. The van der Waals surface area contributed by atoms with Crippen LogP contribution in [0.25, 0.3) is 11.0 Å². The first-order valence-corrected chi connectivity index (χ1v) is 19.8. The number of hydrogen-bond acceptors (Lipinski definition) is 8. The summed E-state index contributed by atoms with van der Waals surface area (Å²) < 4.78 is 58.8. The molecule has 4 saturated heterocycles. The number of aryl methyl sites for hydroxylation is 1. The molecule has 1 unspecified atom stereocenters. The number of alkyl halides is 3. The molecule has 1 N–H and O–H groups in total. The van der Waals surface area contributed by atoms with E-state index in [9.17, 15) is 27.6 Å². The van der Waals surface area contributed by atoms with Gasteiger partial charge in [-0.3, -0.25) is 28.9 Å². The highest BCUT2D eigenvalue weighted by molar-refractivity contribution is 6.00. The molecule has 5 heterocycles. The van der Waals surface area contributed by atoms with Gasteiger partial charge in [0.2, 0.25) is 11.8 Å². The average molecular weight is 787 g/mol. The molecule has 2 amide bonds. The predicted octanol–water partition coefficient (Wildman–Crippen LogP) is 5.77. The molecule has 3 aromatic carbocycles. The van der Waals surface area contributed by atoms with Crippen LogP contribution >= 0.6 is 0 Å². The fourth-order valence-electron chi connectivity index (χ4n) is 9.40. The van der Waals surface area contributed by atoms with Crippen molar-refractivity contribution < 1.29 is 27.2 Å². The van der Waals surface area contributed by atoms with E-state index in [4.69, 9.17) is 5.26 Å². The maximum Gasteiger partial charge on any atom is 0.420 e. The van der Waals surface area contributed by atoms with Gasteiger partial charge in [0.05, 0.1) is 34.0 Å². The van der Waals surface area contributed by atoms with Gasteiger partial charge in [0, 0.05) is 78.1 Å². The van der Waals surface area contributed by atoms with Crippen LogP contribution in [0.4, 0.5) is 34.6 Å². The Morgan fingerprint density at radius 1 is 0.789 bits per heavy atom. The standard InChI is InChI=1S/C42H46F4N8O3/c1-49-39-33(3-2-4-34(39)54(41(49)57)35-11-12-36(55)48-40(35)56)53-23-21-50(22-24-53)26-27-13-17-51(18-14-27)31-8-5-28(6-9-31)29-15-19-52(20-16-29)32-10-7-30(25-47)37(38(32)43)42(44,45)46/h2-10,27,29,35H,11-24,26H2,1H3,(H,48,55,56). The number of aromatic nitrogens is 2. The monoisotopic (exact) mass is 786 g/mol. The minimum atomic E-state index is -4.95. The van der Waals surface area contributed by atoms with Crippen LogP contribution in [0.15, 0.2) is 59.4 Å². The molecule has 8 rings (SSSR count). The van der Waals surface area contributed by atoms with Crippen molar-refractivity contribution in [1.29, 1.82) is 5.26 Å². The Bertz CT molecular complexity index is 2260. The van der Waals surface area contributed by atoms with Gasteiger partial charge in [-0.1, -0.05) is 18.2 Å². The molecule has 4 fully saturated rings. The van der Waals surface area contributed by atoms with Crippen LogP contribution in [-0.4, -0.2) is 84.8 Å². The Balaban J connectivity index is 0.819. The Morgan fingerprint density at radius 3 is 2.11 bits per heavy atom. The van der Waals surface area contributed by atoms with Crippen LogP contribution < -0.4 is 25.7 Å². The number of hydrogen-bond donors (Lipinski definition) is 1. The van der Waals surface area contributed by atoms with E-state index in [1.165, 1.54) is 28.0 Å². The van der Waals surface area contributed by atoms with Gasteiger partial charge >= 0.3 is 11.9 Å². The number of rotatable bonds is 7. The van der Waals surface area contributed by atoms with E-state index in [1.807, 2.05) is 18.2 Å². The van der Waals surface area contributed by atoms with Gasteiger partial charge < -0.3 is 14.7 Å². The average Bonchev–Trinajstić information content (AvgIpc) is 3.46. The Hall–Kier alpha value is -5.36. The van der Waals surface area contributed by atoms with Crippen LogP contribution in [0.1, 0.15) is 67.2 Å². The van der Waals surface area contributed by atoms with E-state index in [0.717, 1.165) is 75.9 Å². The number of para-hydroxylation sites is 1. The second-order valence-electron chi connectivity index (χ2n) is 15.8. The number of carbonyl (C=O) groups excluding carboxylic acids is 2. The number of imidazole rings is 1. The SMILES string of the molecule is Cn1c(=O)n(C2CCC(=O)NC2=O)c2cccc(N3CCN(CC4CCN(c5ccc(C6CCN(c7ccc(C#N)c(C(F)(F)F)c7F)CC6)cc5)CC4)CC3)c21. The minimum absolute atomic E-state index is 0.107. The first-order chi connectivity index (χ1) is 27.4. The van der Waals surface area contributed by atoms with Gasteiger partial charge in [-0.15, -0.1) is 0 Å². The summed E-state index contributed by atoms with van der Waals surface area (Å²) in [5.41, 5.74) is 2.26. The number of nitriles is 1. The second-order valence-corrected chi connectivity index (χ2v) is 15.8. The fourth-order valence-corrected chi connectivity index (χ4v) is 9.40. The third-order valence-corrected chi connectivity index (χ3v) is 12.5. The lowest BCUT2D eigenvalue weighted by Gasteiger charge is -2.40. The largest absolute Gasteiger partial charge is 0.420 e. The van der Waals surface area contributed by atoms with E-state index in [0.29, 0.717) is 43.8 Å². The zero-order chi connectivity index (χ0) is 40.0. The zero-order valence-electron chi connectivity index (χ0n) is 31.9. The molecule has 0 bridgehead atoms. The summed E-state index contributed by atoms with van der Waals surface area (Å²) in [6.07, 6.45) is -0.878. The molecule has 15 heteroatoms. The molecular weight excluding hydrogens is 741 g/mol. The summed E-state index contributed by atoms with van der Waals surface area (Å²) in [7, 11) is 1.74. The summed E-state index contributed by atoms with van der Waals surface area (Å²) >= 11 is 0. The molecule has 4 aliphatic heterocycles. The van der Waals surface area contributed by atoms with Crippen molar-refractivity contribution in [2.24, 2.45) is 13.0 Å². The zero-order valence-corrected chi connectivity index (χ0v) is 31.9. The van der Waals surface area contributed by atoms with Crippen LogP contribution in [0.5, 0.6) is 0 Å². The van der Waals surface area contributed by atoms with Crippen molar-refractivity contribution >= 4 is 39.9 Å². The molecule has 0 aliphatic carbocycles. The van der Waals surface area contributed by atoms with Gasteiger partial charge in [0.1, 0.15) is 11.6 Å². The van der Waals surface area contributed by atoms with Gasteiger partial charge in [-0.25, -0.2) is 9.18 Å². The number of anilines is 3. The van der Waals surface area contributed by atoms with E-state index in [1.54, 1.807) is 16.5 Å². The summed E-state index contributed by atoms with van der Waals surface area (Å²) in [6, 6.07) is 17.5. The van der Waals surface area contributed by atoms with Crippen LogP contribution in [0.3, 0.4) is 0 Å². The van der Waals surface area contributed by atoms with E-state index in [-0.39, 0.29) is 29.6 Å². The number of amides is 2. The molecule has 4 aliphatic rings. The maximum absolute atomic E-state index is 15.0.